The smallest absolute Gasteiger partial charge is 0.308 e. The SMILES string of the molecule is CC(CN(C(=O)c1cccc(S(=O)(=O)N2CCOCC2)c1)C1CC1)C(=O)O. The number of carbonyl (C=O) groups excluding carboxylic acids is 1. The molecule has 148 valence electrons. The van der Waals surface area contributed by atoms with E-state index in [-0.39, 0.29) is 42.0 Å². The summed E-state index contributed by atoms with van der Waals surface area (Å²) in [5, 5.41) is 9.15. The van der Waals surface area contributed by atoms with Crippen molar-refractivity contribution in [3.05, 3.63) is 29.8 Å². The number of nitrogens with zero attached hydrogens (tertiary/aromatic N) is 2. The number of ether oxygens (including phenoxy) is 1. The molecule has 1 aliphatic carbocycles. The summed E-state index contributed by atoms with van der Waals surface area (Å²) in [6.45, 7) is 2.93. The highest BCUT2D eigenvalue weighted by Crippen LogP contribution is 2.29. The Morgan fingerprint density at radius 1 is 1.30 bits per heavy atom. The largest absolute Gasteiger partial charge is 0.481 e. The minimum absolute atomic E-state index is 0.0267. The quantitative estimate of drug-likeness (QED) is 0.738. The number of sulfonamides is 1. The molecule has 1 N–H and O–H groups in total. The molecule has 2 fully saturated rings. The van der Waals surface area contributed by atoms with Crippen molar-refractivity contribution in [2.75, 3.05) is 32.8 Å². The van der Waals surface area contributed by atoms with Gasteiger partial charge in [0.2, 0.25) is 10.0 Å². The maximum atomic E-state index is 12.9. The third-order valence-electron chi connectivity index (χ3n) is 4.83. The molecule has 0 spiro atoms. The van der Waals surface area contributed by atoms with Crippen LogP contribution in [-0.2, 0) is 19.6 Å². The van der Waals surface area contributed by atoms with Gasteiger partial charge in [-0.3, -0.25) is 9.59 Å². The van der Waals surface area contributed by atoms with Gasteiger partial charge in [-0.25, -0.2) is 8.42 Å². The van der Waals surface area contributed by atoms with Crippen molar-refractivity contribution in [1.29, 1.82) is 0 Å². The number of aliphatic carboxylic acids is 1. The molecule has 1 saturated carbocycles. The van der Waals surface area contributed by atoms with Crippen molar-refractivity contribution >= 4 is 21.9 Å². The lowest BCUT2D eigenvalue weighted by atomic mass is 10.1. The molecule has 1 aromatic rings. The van der Waals surface area contributed by atoms with Crippen LogP contribution in [0.25, 0.3) is 0 Å². The molecule has 27 heavy (non-hydrogen) atoms. The van der Waals surface area contributed by atoms with Crippen molar-refractivity contribution in [3.63, 3.8) is 0 Å². The molecule has 1 aliphatic heterocycles. The average Bonchev–Trinajstić information content (AvgIpc) is 3.51. The topological polar surface area (TPSA) is 104 Å². The minimum Gasteiger partial charge on any atom is -0.481 e. The first-order chi connectivity index (χ1) is 12.8. The predicted molar refractivity (Wildman–Crippen MR) is 96.9 cm³/mol. The molecular formula is C18H24N2O6S. The first kappa shape index (κ1) is 19.8. The van der Waals surface area contributed by atoms with E-state index in [0.717, 1.165) is 12.8 Å². The molecule has 1 atom stereocenters. The summed E-state index contributed by atoms with van der Waals surface area (Å²) in [6.07, 6.45) is 1.67. The number of rotatable bonds is 7. The summed E-state index contributed by atoms with van der Waals surface area (Å²) in [4.78, 5) is 25.7. The van der Waals surface area contributed by atoms with E-state index in [0.29, 0.717) is 13.2 Å². The maximum Gasteiger partial charge on any atom is 0.308 e. The Labute approximate surface area is 158 Å². The number of morpholine rings is 1. The number of benzene rings is 1. The van der Waals surface area contributed by atoms with Crippen LogP contribution in [0.5, 0.6) is 0 Å². The van der Waals surface area contributed by atoms with E-state index in [4.69, 9.17) is 9.84 Å². The summed E-state index contributed by atoms with van der Waals surface area (Å²) in [6, 6.07) is 6.00. The Balaban J connectivity index is 1.83. The second-order valence-electron chi connectivity index (χ2n) is 6.97. The molecule has 1 saturated heterocycles. The molecule has 0 radical (unpaired) electrons. The zero-order valence-corrected chi connectivity index (χ0v) is 16.0. The fraction of sp³-hybridized carbons (Fsp3) is 0.556. The van der Waals surface area contributed by atoms with Gasteiger partial charge in [-0.05, 0) is 31.0 Å². The first-order valence-corrected chi connectivity index (χ1v) is 10.5. The number of carboxylic acid groups (broad SMARTS) is 1. The molecule has 8 nitrogen and oxygen atoms in total. The summed E-state index contributed by atoms with van der Waals surface area (Å²) in [5.41, 5.74) is 0.258. The lowest BCUT2D eigenvalue weighted by molar-refractivity contribution is -0.141. The molecule has 1 aromatic carbocycles. The van der Waals surface area contributed by atoms with Crippen molar-refractivity contribution in [1.82, 2.24) is 9.21 Å². The van der Waals surface area contributed by atoms with Gasteiger partial charge >= 0.3 is 5.97 Å². The predicted octanol–water partition coefficient (Wildman–Crippen LogP) is 1.03. The van der Waals surface area contributed by atoms with Gasteiger partial charge in [0.25, 0.3) is 5.91 Å². The van der Waals surface area contributed by atoms with Gasteiger partial charge in [-0.15, -0.1) is 0 Å². The second-order valence-corrected chi connectivity index (χ2v) is 8.91. The number of amides is 1. The highest BCUT2D eigenvalue weighted by Gasteiger charge is 2.35. The van der Waals surface area contributed by atoms with E-state index in [2.05, 4.69) is 0 Å². The fourth-order valence-electron chi connectivity index (χ4n) is 3.05. The van der Waals surface area contributed by atoms with Crippen LogP contribution in [0, 0.1) is 5.92 Å². The highest BCUT2D eigenvalue weighted by atomic mass is 32.2. The lowest BCUT2D eigenvalue weighted by Gasteiger charge is -2.27. The van der Waals surface area contributed by atoms with E-state index in [1.807, 2.05) is 0 Å². The van der Waals surface area contributed by atoms with Crippen LogP contribution in [0.4, 0.5) is 0 Å². The van der Waals surface area contributed by atoms with Crippen LogP contribution in [0.15, 0.2) is 29.2 Å². The third kappa shape index (κ3) is 4.48. The van der Waals surface area contributed by atoms with Gasteiger partial charge in [0, 0.05) is 31.2 Å². The molecule has 1 amide bonds. The molecular weight excluding hydrogens is 372 g/mol. The zero-order chi connectivity index (χ0) is 19.6. The van der Waals surface area contributed by atoms with Gasteiger partial charge in [-0.2, -0.15) is 4.31 Å². The van der Waals surface area contributed by atoms with Crippen LogP contribution in [0.1, 0.15) is 30.1 Å². The van der Waals surface area contributed by atoms with E-state index in [1.165, 1.54) is 16.4 Å². The molecule has 2 aliphatic rings. The maximum absolute atomic E-state index is 12.9. The summed E-state index contributed by atoms with van der Waals surface area (Å²) in [5.74, 6) is -1.98. The molecule has 9 heteroatoms. The van der Waals surface area contributed by atoms with E-state index < -0.39 is 21.9 Å². The van der Waals surface area contributed by atoms with Crippen LogP contribution >= 0.6 is 0 Å². The van der Waals surface area contributed by atoms with Gasteiger partial charge in [0.1, 0.15) is 0 Å². The standard InChI is InChI=1S/C18H24N2O6S/c1-13(18(22)23)12-20(15-5-6-15)17(21)14-3-2-4-16(11-14)27(24,25)19-7-9-26-10-8-19/h2-4,11,13,15H,5-10,12H2,1H3,(H,22,23). The summed E-state index contributed by atoms with van der Waals surface area (Å²) >= 11 is 0. The van der Waals surface area contributed by atoms with Crippen molar-refractivity contribution < 1.29 is 27.9 Å². The molecule has 0 bridgehead atoms. The Morgan fingerprint density at radius 2 is 1.96 bits per heavy atom. The van der Waals surface area contributed by atoms with Crippen molar-refractivity contribution in [2.45, 2.75) is 30.7 Å². The zero-order valence-electron chi connectivity index (χ0n) is 15.2. The molecule has 3 rings (SSSR count). The summed E-state index contributed by atoms with van der Waals surface area (Å²) in [7, 11) is -3.70. The first-order valence-electron chi connectivity index (χ1n) is 9.02. The number of carboxylic acids is 1. The van der Waals surface area contributed by atoms with Crippen LogP contribution in [-0.4, -0.2) is 73.5 Å². The van der Waals surface area contributed by atoms with Gasteiger partial charge in [0.15, 0.2) is 0 Å². The summed E-state index contributed by atoms with van der Waals surface area (Å²) < 4.78 is 32.2. The Kier molecular flexibility index (Phi) is 5.83. The molecule has 1 heterocycles. The van der Waals surface area contributed by atoms with E-state index in [1.54, 1.807) is 24.0 Å². The number of carbonyl (C=O) groups is 2. The van der Waals surface area contributed by atoms with Gasteiger partial charge < -0.3 is 14.7 Å². The fourth-order valence-corrected chi connectivity index (χ4v) is 4.50. The Bertz CT molecular complexity index is 815. The Morgan fingerprint density at radius 3 is 2.56 bits per heavy atom. The lowest BCUT2D eigenvalue weighted by Crippen LogP contribution is -2.41. The van der Waals surface area contributed by atoms with Gasteiger partial charge in [0.05, 0.1) is 24.0 Å². The molecule has 1 unspecified atom stereocenters. The number of hydrogen-bond acceptors (Lipinski definition) is 5. The van der Waals surface area contributed by atoms with Gasteiger partial charge in [-0.1, -0.05) is 13.0 Å². The minimum atomic E-state index is -3.70. The normalized spacial score (nSPS) is 19.4. The van der Waals surface area contributed by atoms with Crippen LogP contribution in [0.2, 0.25) is 0 Å². The average molecular weight is 396 g/mol. The van der Waals surface area contributed by atoms with Crippen LogP contribution < -0.4 is 0 Å². The molecule has 0 aromatic heterocycles. The van der Waals surface area contributed by atoms with E-state index in [9.17, 15) is 18.0 Å². The Hall–Kier alpha value is -1.97. The second kappa shape index (κ2) is 7.95. The highest BCUT2D eigenvalue weighted by molar-refractivity contribution is 7.89. The number of hydrogen-bond donors (Lipinski definition) is 1. The third-order valence-corrected chi connectivity index (χ3v) is 6.72. The van der Waals surface area contributed by atoms with Crippen molar-refractivity contribution in [3.8, 4) is 0 Å². The monoisotopic (exact) mass is 396 g/mol. The van der Waals surface area contributed by atoms with Crippen LogP contribution in [0.3, 0.4) is 0 Å². The van der Waals surface area contributed by atoms with Crippen molar-refractivity contribution in [2.24, 2.45) is 5.92 Å². The van der Waals surface area contributed by atoms with E-state index >= 15 is 0 Å².